The van der Waals surface area contributed by atoms with Gasteiger partial charge in [-0.2, -0.15) is 13.2 Å². The summed E-state index contributed by atoms with van der Waals surface area (Å²) in [5.41, 5.74) is 1.83. The molecular weight excluding hydrogens is 459 g/mol. The maximum Gasteiger partial charge on any atom is 0.417 e. The molecule has 0 fully saturated rings. The predicted octanol–water partition coefficient (Wildman–Crippen LogP) is 6.39. The lowest BCUT2D eigenvalue weighted by Crippen LogP contribution is -2.05. The highest BCUT2D eigenvalue weighted by molar-refractivity contribution is 6.31. The number of carbonyl (C=O) groups is 1. The highest BCUT2D eigenvalue weighted by Gasteiger charge is 2.32. The van der Waals surface area contributed by atoms with Crippen molar-refractivity contribution in [2.24, 2.45) is 0 Å². The highest BCUT2D eigenvalue weighted by atomic mass is 35.5. The van der Waals surface area contributed by atoms with Crippen LogP contribution in [0.4, 0.5) is 13.2 Å². The van der Waals surface area contributed by atoms with E-state index in [2.05, 4.69) is 4.98 Å². The Labute approximate surface area is 192 Å². The van der Waals surface area contributed by atoms with Gasteiger partial charge >= 0.3 is 6.18 Å². The molecule has 1 aliphatic rings. The van der Waals surface area contributed by atoms with Crippen LogP contribution in [0.3, 0.4) is 0 Å². The zero-order valence-corrected chi connectivity index (χ0v) is 18.3. The maximum atomic E-state index is 12.8. The molecule has 2 aromatic carbocycles. The molecule has 0 bridgehead atoms. The molecule has 0 spiro atoms. The second kappa shape index (κ2) is 8.78. The monoisotopic (exact) mass is 475 g/mol. The van der Waals surface area contributed by atoms with E-state index < -0.39 is 11.7 Å². The SMILES string of the molecule is COc1cc2c(cc1OC)C(=O)C(=Cc1ccc(Oc3ncc(C(F)(F)F)cc3Cl)cc1)C2. The molecule has 0 N–H and O–H groups in total. The van der Waals surface area contributed by atoms with Crippen LogP contribution in [0.25, 0.3) is 6.08 Å². The maximum absolute atomic E-state index is 12.8. The van der Waals surface area contributed by atoms with Gasteiger partial charge in [0.05, 0.1) is 19.8 Å². The fraction of sp³-hybridized carbons (Fsp3) is 0.167. The number of ketones is 1. The standard InChI is InChI=1S/C24H17ClF3NO4/c1-31-20-9-14-8-15(22(30)18(14)11-21(20)32-2)7-13-3-5-17(6-4-13)33-23-19(25)10-16(12-29-23)24(26,27)28/h3-7,9-12H,8H2,1-2H3. The molecule has 0 radical (unpaired) electrons. The van der Waals surface area contributed by atoms with Crippen LogP contribution in [0.2, 0.25) is 5.02 Å². The Morgan fingerprint density at radius 1 is 1.03 bits per heavy atom. The fourth-order valence-electron chi connectivity index (χ4n) is 3.45. The number of aromatic nitrogens is 1. The van der Waals surface area contributed by atoms with E-state index in [1.165, 1.54) is 14.2 Å². The van der Waals surface area contributed by atoms with Gasteiger partial charge in [0, 0.05) is 23.8 Å². The minimum absolute atomic E-state index is 0.0907. The number of alkyl halides is 3. The average molecular weight is 476 g/mol. The lowest BCUT2D eigenvalue weighted by Gasteiger charge is -2.10. The van der Waals surface area contributed by atoms with Crippen LogP contribution < -0.4 is 14.2 Å². The minimum Gasteiger partial charge on any atom is -0.493 e. The van der Waals surface area contributed by atoms with Crippen molar-refractivity contribution < 1.29 is 32.2 Å². The molecule has 0 aliphatic heterocycles. The second-order valence-corrected chi connectivity index (χ2v) is 7.63. The van der Waals surface area contributed by atoms with Crippen LogP contribution in [0, 0.1) is 0 Å². The van der Waals surface area contributed by atoms with Crippen molar-refractivity contribution >= 4 is 23.5 Å². The lowest BCUT2D eigenvalue weighted by molar-refractivity contribution is -0.137. The number of pyridine rings is 1. The molecule has 0 saturated carbocycles. The van der Waals surface area contributed by atoms with Crippen molar-refractivity contribution in [1.82, 2.24) is 4.98 Å². The topological polar surface area (TPSA) is 57.7 Å². The van der Waals surface area contributed by atoms with Gasteiger partial charge in [0.25, 0.3) is 0 Å². The van der Waals surface area contributed by atoms with Crippen molar-refractivity contribution in [1.29, 1.82) is 0 Å². The molecule has 5 nitrogen and oxygen atoms in total. The van der Waals surface area contributed by atoms with Crippen molar-refractivity contribution in [2.75, 3.05) is 14.2 Å². The van der Waals surface area contributed by atoms with Crippen molar-refractivity contribution in [3.8, 4) is 23.1 Å². The van der Waals surface area contributed by atoms with E-state index in [0.29, 0.717) is 41.0 Å². The second-order valence-electron chi connectivity index (χ2n) is 7.22. The number of nitrogens with zero attached hydrogens (tertiary/aromatic N) is 1. The van der Waals surface area contributed by atoms with Crippen LogP contribution in [-0.2, 0) is 12.6 Å². The molecule has 33 heavy (non-hydrogen) atoms. The molecule has 9 heteroatoms. The summed E-state index contributed by atoms with van der Waals surface area (Å²) in [5.74, 6) is 1.15. The van der Waals surface area contributed by atoms with Gasteiger partial charge in [-0.25, -0.2) is 4.98 Å². The Hall–Kier alpha value is -3.52. The number of hydrogen-bond donors (Lipinski definition) is 0. The molecule has 1 aromatic heterocycles. The summed E-state index contributed by atoms with van der Waals surface area (Å²) < 4.78 is 54.3. The first-order chi connectivity index (χ1) is 15.7. The van der Waals surface area contributed by atoms with E-state index >= 15 is 0 Å². The number of allylic oxidation sites excluding steroid dienone is 1. The van der Waals surface area contributed by atoms with Crippen LogP contribution in [-0.4, -0.2) is 25.0 Å². The van der Waals surface area contributed by atoms with Gasteiger partial charge in [-0.1, -0.05) is 23.7 Å². The van der Waals surface area contributed by atoms with E-state index in [9.17, 15) is 18.0 Å². The van der Waals surface area contributed by atoms with Crippen LogP contribution >= 0.6 is 11.6 Å². The van der Waals surface area contributed by atoms with Gasteiger partial charge in [-0.3, -0.25) is 4.79 Å². The Morgan fingerprint density at radius 2 is 1.70 bits per heavy atom. The number of benzene rings is 2. The first-order valence-corrected chi connectivity index (χ1v) is 10.1. The normalized spacial score (nSPS) is 14.4. The molecule has 3 aromatic rings. The molecule has 1 aliphatic carbocycles. The molecule has 0 atom stereocenters. The number of carbonyl (C=O) groups excluding carboxylic acids is 1. The molecule has 1 heterocycles. The van der Waals surface area contributed by atoms with E-state index in [0.717, 1.165) is 17.2 Å². The van der Waals surface area contributed by atoms with Gasteiger partial charge in [0.1, 0.15) is 10.8 Å². The van der Waals surface area contributed by atoms with Gasteiger partial charge in [-0.15, -0.1) is 0 Å². The fourth-order valence-corrected chi connectivity index (χ4v) is 3.66. The smallest absolute Gasteiger partial charge is 0.417 e. The summed E-state index contributed by atoms with van der Waals surface area (Å²) in [5, 5.41) is -0.254. The van der Waals surface area contributed by atoms with E-state index in [-0.39, 0.29) is 16.7 Å². The number of fused-ring (bicyclic) bond motifs is 1. The zero-order chi connectivity index (χ0) is 23.8. The summed E-state index contributed by atoms with van der Waals surface area (Å²) in [6.45, 7) is 0. The van der Waals surface area contributed by atoms with Crippen LogP contribution in [0.5, 0.6) is 23.1 Å². The van der Waals surface area contributed by atoms with Gasteiger partial charge in [-0.05, 0) is 47.5 Å². The Morgan fingerprint density at radius 3 is 2.30 bits per heavy atom. The first-order valence-electron chi connectivity index (χ1n) is 9.70. The third-order valence-electron chi connectivity index (χ3n) is 5.10. The number of hydrogen-bond acceptors (Lipinski definition) is 5. The summed E-state index contributed by atoms with van der Waals surface area (Å²) in [6.07, 6.45) is -1.66. The van der Waals surface area contributed by atoms with Crippen LogP contribution in [0.15, 0.2) is 54.2 Å². The van der Waals surface area contributed by atoms with Crippen molar-refractivity contribution in [3.63, 3.8) is 0 Å². The third kappa shape index (κ3) is 4.66. The summed E-state index contributed by atoms with van der Waals surface area (Å²) in [7, 11) is 3.05. The molecule has 0 amide bonds. The van der Waals surface area contributed by atoms with Crippen LogP contribution in [0.1, 0.15) is 27.0 Å². The molecule has 170 valence electrons. The zero-order valence-electron chi connectivity index (χ0n) is 17.5. The summed E-state index contributed by atoms with van der Waals surface area (Å²) >= 11 is 5.88. The van der Waals surface area contributed by atoms with E-state index in [1.54, 1.807) is 42.5 Å². The molecule has 0 saturated heterocycles. The Balaban J connectivity index is 1.51. The third-order valence-corrected chi connectivity index (χ3v) is 5.37. The highest BCUT2D eigenvalue weighted by Crippen LogP contribution is 2.37. The predicted molar refractivity (Wildman–Crippen MR) is 116 cm³/mol. The first kappa shape index (κ1) is 22.7. The number of ether oxygens (including phenoxy) is 3. The largest absolute Gasteiger partial charge is 0.493 e. The number of methoxy groups -OCH3 is 2. The number of halogens is 4. The average Bonchev–Trinajstić information content (AvgIpc) is 3.09. The number of Topliss-reactive ketones (excluding diaryl/α,β-unsaturated/α-hetero) is 1. The quantitative estimate of drug-likeness (QED) is 0.400. The molecule has 0 unspecified atom stereocenters. The van der Waals surface area contributed by atoms with Crippen molar-refractivity contribution in [2.45, 2.75) is 12.6 Å². The Bertz CT molecular complexity index is 1250. The Kier molecular flexibility index (Phi) is 6.03. The van der Waals surface area contributed by atoms with Gasteiger partial charge < -0.3 is 14.2 Å². The number of rotatable bonds is 5. The minimum atomic E-state index is -4.54. The summed E-state index contributed by atoms with van der Waals surface area (Å²) in [6, 6.07) is 10.9. The molecule has 4 rings (SSSR count). The lowest BCUT2D eigenvalue weighted by atomic mass is 10.1. The molecular formula is C24H17ClF3NO4. The van der Waals surface area contributed by atoms with Gasteiger partial charge in [0.15, 0.2) is 17.3 Å². The summed E-state index contributed by atoms with van der Waals surface area (Å²) in [4.78, 5) is 16.5. The van der Waals surface area contributed by atoms with E-state index in [4.69, 9.17) is 25.8 Å². The van der Waals surface area contributed by atoms with Crippen molar-refractivity contribution in [3.05, 3.63) is 81.5 Å². The van der Waals surface area contributed by atoms with E-state index in [1.807, 2.05) is 0 Å². The van der Waals surface area contributed by atoms with Gasteiger partial charge in [0.2, 0.25) is 5.88 Å².